The molecule has 1 rings (SSSR count). The van der Waals surface area contributed by atoms with Crippen molar-refractivity contribution in [1.29, 1.82) is 0 Å². The lowest BCUT2D eigenvalue weighted by molar-refractivity contribution is -0.274. The van der Waals surface area contributed by atoms with E-state index in [-0.39, 0.29) is 12.1 Å². The molecular weight excluding hydrogens is 263 g/mol. The molecule has 104 valence electrons. The molecule has 1 aromatic carbocycles. The van der Waals surface area contributed by atoms with Crippen LogP contribution in [0.1, 0.15) is 12.0 Å². The molecule has 0 fully saturated rings. The maximum atomic E-state index is 12.0. The average molecular weight is 275 g/mol. The molecule has 0 radical (unpaired) electrons. The summed E-state index contributed by atoms with van der Waals surface area (Å²) < 4.78 is 44.2. The van der Waals surface area contributed by atoms with E-state index in [1.54, 1.807) is 6.08 Å². The molecule has 0 heterocycles. The molecule has 0 aliphatic rings. The number of methoxy groups -OCH3 is 1. The van der Waals surface area contributed by atoms with Gasteiger partial charge in [-0.2, -0.15) is 0 Å². The van der Waals surface area contributed by atoms with Crippen LogP contribution >= 0.6 is 0 Å². The zero-order valence-corrected chi connectivity index (χ0v) is 10.0. The van der Waals surface area contributed by atoms with Crippen molar-refractivity contribution in [3.63, 3.8) is 0 Å². The lowest BCUT2D eigenvalue weighted by Crippen LogP contribution is -2.18. The lowest BCUT2D eigenvalue weighted by Gasteiger charge is -2.11. The predicted octanol–water partition coefficient (Wildman–Crippen LogP) is 2.74. The van der Waals surface area contributed by atoms with Crippen molar-refractivity contribution in [3.8, 4) is 5.75 Å². The molecule has 0 aromatic heterocycles. The molecule has 0 saturated carbocycles. The number of rotatable bonds is 4. The zero-order valence-electron chi connectivity index (χ0n) is 10.0. The molecule has 7 heteroatoms. The zero-order chi connectivity index (χ0) is 14.5. The van der Waals surface area contributed by atoms with Crippen LogP contribution in [-0.2, 0) is 9.53 Å². The van der Waals surface area contributed by atoms with E-state index in [2.05, 4.69) is 9.47 Å². The second-order valence-corrected chi connectivity index (χ2v) is 3.53. The van der Waals surface area contributed by atoms with Crippen molar-refractivity contribution < 1.29 is 27.4 Å². The Bertz CT molecular complexity index is 484. The van der Waals surface area contributed by atoms with Gasteiger partial charge in [0, 0.05) is 0 Å². The predicted molar refractivity (Wildman–Crippen MR) is 63.2 cm³/mol. The Hall–Kier alpha value is -2.18. The van der Waals surface area contributed by atoms with Gasteiger partial charge in [0.15, 0.2) is 5.75 Å². The van der Waals surface area contributed by atoms with Crippen LogP contribution in [0.3, 0.4) is 0 Å². The van der Waals surface area contributed by atoms with Crippen molar-refractivity contribution in [1.82, 2.24) is 0 Å². The molecule has 0 aliphatic heterocycles. The summed E-state index contributed by atoms with van der Waals surface area (Å²) >= 11 is 0. The number of anilines is 1. The van der Waals surface area contributed by atoms with E-state index in [1.807, 2.05) is 0 Å². The number of halogens is 3. The smallest absolute Gasteiger partial charge is 0.469 e. The van der Waals surface area contributed by atoms with Gasteiger partial charge in [0.1, 0.15) is 0 Å². The van der Waals surface area contributed by atoms with Crippen LogP contribution in [0, 0.1) is 0 Å². The SMILES string of the molecule is COC(=O)CC=Cc1ccc(OC(F)(F)F)c(N)c1. The van der Waals surface area contributed by atoms with Gasteiger partial charge in [-0.3, -0.25) is 4.79 Å². The van der Waals surface area contributed by atoms with Crippen LogP contribution in [0.15, 0.2) is 24.3 Å². The highest BCUT2D eigenvalue weighted by molar-refractivity contribution is 5.73. The molecule has 0 atom stereocenters. The highest BCUT2D eigenvalue weighted by Crippen LogP contribution is 2.29. The maximum absolute atomic E-state index is 12.0. The Morgan fingerprint density at radius 2 is 2.11 bits per heavy atom. The van der Waals surface area contributed by atoms with E-state index in [9.17, 15) is 18.0 Å². The summed E-state index contributed by atoms with van der Waals surface area (Å²) in [6.45, 7) is 0. The summed E-state index contributed by atoms with van der Waals surface area (Å²) in [5.74, 6) is -0.876. The first-order valence-electron chi connectivity index (χ1n) is 5.20. The van der Waals surface area contributed by atoms with Gasteiger partial charge in [-0.15, -0.1) is 13.2 Å². The third-order valence-corrected chi connectivity index (χ3v) is 2.08. The fourth-order valence-corrected chi connectivity index (χ4v) is 1.26. The number of carbonyl (C=O) groups is 1. The van der Waals surface area contributed by atoms with Crippen molar-refractivity contribution in [3.05, 3.63) is 29.8 Å². The molecule has 0 amide bonds. The second-order valence-electron chi connectivity index (χ2n) is 3.53. The Labute approximate surface area is 107 Å². The standard InChI is InChI=1S/C12H12F3NO3/c1-18-11(17)4-2-3-8-5-6-10(9(16)7-8)19-12(13,14)15/h2-3,5-7H,4,16H2,1H3. The molecule has 1 aromatic rings. The number of nitrogens with two attached hydrogens (primary N) is 1. The highest BCUT2D eigenvalue weighted by Gasteiger charge is 2.31. The average Bonchev–Trinajstić information content (AvgIpc) is 2.31. The van der Waals surface area contributed by atoms with E-state index >= 15 is 0 Å². The quantitative estimate of drug-likeness (QED) is 0.678. The topological polar surface area (TPSA) is 61.5 Å². The Balaban J connectivity index is 2.74. The number of carbonyl (C=O) groups excluding carboxylic acids is 1. The molecule has 0 spiro atoms. The van der Waals surface area contributed by atoms with Gasteiger partial charge in [0.25, 0.3) is 0 Å². The van der Waals surface area contributed by atoms with E-state index in [0.717, 1.165) is 6.07 Å². The monoisotopic (exact) mass is 275 g/mol. The minimum Gasteiger partial charge on any atom is -0.469 e. The number of hydrogen-bond donors (Lipinski definition) is 1. The molecule has 0 aliphatic carbocycles. The van der Waals surface area contributed by atoms with Crippen LogP contribution in [0.5, 0.6) is 5.75 Å². The summed E-state index contributed by atoms with van der Waals surface area (Å²) in [6, 6.07) is 3.82. The van der Waals surface area contributed by atoms with Gasteiger partial charge in [0.2, 0.25) is 0 Å². The Morgan fingerprint density at radius 1 is 1.42 bits per heavy atom. The lowest BCUT2D eigenvalue weighted by atomic mass is 10.1. The molecule has 0 saturated heterocycles. The molecular formula is C12H12F3NO3. The third kappa shape index (κ3) is 5.33. The maximum Gasteiger partial charge on any atom is 0.573 e. The van der Waals surface area contributed by atoms with Gasteiger partial charge < -0.3 is 15.2 Å². The Kier molecular flexibility index (Phi) is 4.80. The summed E-state index contributed by atoms with van der Waals surface area (Å²) in [5, 5.41) is 0. The second kappa shape index (κ2) is 6.12. The van der Waals surface area contributed by atoms with Crippen molar-refractivity contribution in [2.75, 3.05) is 12.8 Å². The first-order valence-corrected chi connectivity index (χ1v) is 5.20. The van der Waals surface area contributed by atoms with Crippen LogP contribution in [0.25, 0.3) is 6.08 Å². The van der Waals surface area contributed by atoms with E-state index in [4.69, 9.17) is 5.73 Å². The van der Waals surface area contributed by atoms with Gasteiger partial charge in [-0.05, 0) is 17.7 Å². The first-order chi connectivity index (χ1) is 8.81. The molecule has 4 nitrogen and oxygen atoms in total. The molecule has 2 N–H and O–H groups in total. The van der Waals surface area contributed by atoms with Gasteiger partial charge in [-0.25, -0.2) is 0 Å². The number of esters is 1. The van der Waals surface area contributed by atoms with E-state index < -0.39 is 18.1 Å². The number of nitrogen functional groups attached to an aromatic ring is 1. The number of benzene rings is 1. The van der Waals surface area contributed by atoms with Crippen LogP contribution < -0.4 is 10.5 Å². The first kappa shape index (κ1) is 14.9. The van der Waals surface area contributed by atoms with E-state index in [0.29, 0.717) is 5.56 Å². The summed E-state index contributed by atoms with van der Waals surface area (Å²) in [6.07, 6.45) is -1.65. The third-order valence-electron chi connectivity index (χ3n) is 2.08. The summed E-state index contributed by atoms with van der Waals surface area (Å²) in [4.78, 5) is 10.8. The van der Waals surface area contributed by atoms with Gasteiger partial charge in [-0.1, -0.05) is 18.2 Å². The minimum atomic E-state index is -4.78. The Morgan fingerprint density at radius 3 is 2.63 bits per heavy atom. The van der Waals surface area contributed by atoms with Gasteiger partial charge in [0.05, 0.1) is 19.2 Å². The minimum absolute atomic E-state index is 0.0667. The number of hydrogen-bond acceptors (Lipinski definition) is 4. The van der Waals surface area contributed by atoms with Crippen LogP contribution in [0.2, 0.25) is 0 Å². The van der Waals surface area contributed by atoms with Crippen LogP contribution in [0.4, 0.5) is 18.9 Å². The van der Waals surface area contributed by atoms with Crippen molar-refractivity contribution in [2.24, 2.45) is 0 Å². The number of alkyl halides is 3. The normalized spacial score (nSPS) is 11.6. The fourth-order valence-electron chi connectivity index (χ4n) is 1.26. The van der Waals surface area contributed by atoms with Crippen molar-refractivity contribution in [2.45, 2.75) is 12.8 Å². The van der Waals surface area contributed by atoms with Gasteiger partial charge >= 0.3 is 12.3 Å². The summed E-state index contributed by atoms with van der Waals surface area (Å²) in [5.41, 5.74) is 5.85. The van der Waals surface area contributed by atoms with E-state index in [1.165, 1.54) is 25.3 Å². The summed E-state index contributed by atoms with van der Waals surface area (Å²) in [7, 11) is 1.26. The van der Waals surface area contributed by atoms with Crippen molar-refractivity contribution >= 4 is 17.7 Å². The number of ether oxygens (including phenoxy) is 2. The van der Waals surface area contributed by atoms with Crippen LogP contribution in [-0.4, -0.2) is 19.4 Å². The fraction of sp³-hybridized carbons (Fsp3) is 0.250. The largest absolute Gasteiger partial charge is 0.573 e. The molecule has 0 unspecified atom stereocenters. The molecule has 0 bridgehead atoms. The highest BCUT2D eigenvalue weighted by atomic mass is 19.4. The molecule has 19 heavy (non-hydrogen) atoms.